The number of halogens is 1. The van der Waals surface area contributed by atoms with Gasteiger partial charge in [-0.15, -0.1) is 12.4 Å². The molecular formula is H3AlClNaO+4. The second kappa shape index (κ2) is 21.5. The van der Waals surface area contributed by atoms with Gasteiger partial charge in [0.1, 0.15) is 0 Å². The molecule has 0 aliphatic heterocycles. The van der Waals surface area contributed by atoms with Crippen LogP contribution in [0.1, 0.15) is 0 Å². The van der Waals surface area contributed by atoms with Crippen LogP contribution in [0.5, 0.6) is 0 Å². The van der Waals surface area contributed by atoms with Crippen molar-refractivity contribution in [2.75, 3.05) is 0 Å². The Hall–Kier alpha value is 1.78. The molecule has 0 spiro atoms. The van der Waals surface area contributed by atoms with Gasteiger partial charge in [-0.25, -0.2) is 0 Å². The summed E-state index contributed by atoms with van der Waals surface area (Å²) in [6, 6.07) is 0. The molecule has 0 aromatic heterocycles. The van der Waals surface area contributed by atoms with E-state index in [1.807, 2.05) is 0 Å². The minimum atomic E-state index is 0. The largest absolute Gasteiger partial charge is 3.00 e. The molecule has 0 saturated heterocycles. The van der Waals surface area contributed by atoms with Crippen LogP contribution in [0.3, 0.4) is 0 Å². The van der Waals surface area contributed by atoms with Crippen molar-refractivity contribution >= 4 is 29.8 Å². The average Bonchev–Trinajstić information content (AvgIpc) is 0. The third kappa shape index (κ3) is 9.22. The quantitative estimate of drug-likeness (QED) is 0.283. The van der Waals surface area contributed by atoms with Crippen molar-refractivity contribution in [3.63, 3.8) is 0 Å². The first kappa shape index (κ1) is 41.6. The third-order valence-electron chi connectivity index (χ3n) is 0. The van der Waals surface area contributed by atoms with E-state index in [9.17, 15) is 0 Å². The van der Waals surface area contributed by atoms with Crippen molar-refractivity contribution in [2.24, 2.45) is 0 Å². The molecule has 0 atom stereocenters. The van der Waals surface area contributed by atoms with Crippen LogP contribution in [0.15, 0.2) is 0 Å². The summed E-state index contributed by atoms with van der Waals surface area (Å²) in [5.74, 6) is 0. The maximum Gasteiger partial charge on any atom is 3.00 e. The van der Waals surface area contributed by atoms with Crippen molar-refractivity contribution < 1.29 is 35.0 Å². The fourth-order valence-corrected chi connectivity index (χ4v) is 0. The predicted octanol–water partition coefficient (Wildman–Crippen LogP) is -3.78. The zero-order chi connectivity index (χ0) is 0. The van der Waals surface area contributed by atoms with Gasteiger partial charge < -0.3 is 5.48 Å². The Labute approximate surface area is 64.3 Å². The summed E-state index contributed by atoms with van der Waals surface area (Å²) in [4.78, 5) is 0. The monoisotopic (exact) mass is 104 g/mol. The van der Waals surface area contributed by atoms with Crippen LogP contribution in [0, 0.1) is 0 Å². The van der Waals surface area contributed by atoms with Crippen molar-refractivity contribution in [3.05, 3.63) is 0 Å². The fourth-order valence-electron chi connectivity index (χ4n) is 0. The summed E-state index contributed by atoms with van der Waals surface area (Å²) in [5.41, 5.74) is 0. The van der Waals surface area contributed by atoms with E-state index in [4.69, 9.17) is 0 Å². The van der Waals surface area contributed by atoms with E-state index in [2.05, 4.69) is 0 Å². The zero-order valence-corrected chi connectivity index (χ0v) is 6.46. The van der Waals surface area contributed by atoms with Crippen LogP contribution in [0.4, 0.5) is 0 Å². The maximum absolute atomic E-state index is 0. The molecule has 16 valence electrons. The minimum Gasteiger partial charge on any atom is -0.412 e. The van der Waals surface area contributed by atoms with Gasteiger partial charge in [0.05, 0.1) is 0 Å². The minimum absolute atomic E-state index is 0. The average molecular weight is 104 g/mol. The topological polar surface area (TPSA) is 31.5 Å². The second-order valence-corrected chi connectivity index (χ2v) is 0. The summed E-state index contributed by atoms with van der Waals surface area (Å²) >= 11 is 0. The van der Waals surface area contributed by atoms with E-state index in [-0.39, 0.29) is 64.8 Å². The number of hydrogen-bond acceptors (Lipinski definition) is 0. The molecule has 0 saturated carbocycles. The first-order chi connectivity index (χ1) is 0. The molecule has 0 rings (SSSR count). The Kier molecular flexibility index (Phi) is 224. The van der Waals surface area contributed by atoms with Crippen LogP contribution in [-0.4, -0.2) is 22.8 Å². The van der Waals surface area contributed by atoms with E-state index in [0.29, 0.717) is 0 Å². The van der Waals surface area contributed by atoms with E-state index in [0.717, 1.165) is 0 Å². The zero-order valence-electron chi connectivity index (χ0n) is 2.49. The summed E-state index contributed by atoms with van der Waals surface area (Å²) in [6.07, 6.45) is 0. The van der Waals surface area contributed by atoms with E-state index in [1.165, 1.54) is 0 Å². The molecule has 0 radical (unpaired) electrons. The first-order valence-corrected chi connectivity index (χ1v) is 0. The van der Waals surface area contributed by atoms with E-state index in [1.54, 1.807) is 0 Å². The molecule has 0 aromatic carbocycles. The van der Waals surface area contributed by atoms with Crippen molar-refractivity contribution in [1.29, 1.82) is 0 Å². The van der Waals surface area contributed by atoms with Gasteiger partial charge in [0.2, 0.25) is 0 Å². The van der Waals surface area contributed by atoms with Gasteiger partial charge in [0.15, 0.2) is 0 Å². The number of rotatable bonds is 0. The molecular weight excluding hydrogens is 101 g/mol. The number of hydrogen-bond donors (Lipinski definition) is 0. The fraction of sp³-hybridized carbons (Fsp3) is 0. The first-order valence-electron chi connectivity index (χ1n) is 0. The van der Waals surface area contributed by atoms with Crippen molar-refractivity contribution in [2.45, 2.75) is 0 Å². The predicted molar refractivity (Wildman–Crippen MR) is 16.6 cm³/mol. The summed E-state index contributed by atoms with van der Waals surface area (Å²) in [5, 5.41) is 0. The van der Waals surface area contributed by atoms with Crippen LogP contribution in [0.25, 0.3) is 0 Å². The molecule has 0 aliphatic carbocycles. The molecule has 0 amide bonds. The Morgan fingerprint density at radius 1 is 1.00 bits per heavy atom. The van der Waals surface area contributed by atoms with Crippen molar-refractivity contribution in [1.82, 2.24) is 0 Å². The molecule has 4 heteroatoms. The van der Waals surface area contributed by atoms with Gasteiger partial charge in [-0.2, -0.15) is 0 Å². The molecule has 0 bridgehead atoms. The van der Waals surface area contributed by atoms with E-state index >= 15 is 0 Å². The molecule has 0 unspecified atom stereocenters. The van der Waals surface area contributed by atoms with Crippen LogP contribution >= 0.6 is 12.4 Å². The normalized spacial score (nSPS) is 0. The van der Waals surface area contributed by atoms with Gasteiger partial charge in [0.25, 0.3) is 0 Å². The second-order valence-electron chi connectivity index (χ2n) is 0. The smallest absolute Gasteiger partial charge is 0.412 e. The molecule has 1 nitrogen and oxygen atoms in total. The standard InChI is InChI=1S/Al.ClH.Na.H2O/h;1H;;1H2/q+3;;+1;. The SMILES string of the molecule is Cl.O.[Al+3].[Na+]. The molecule has 2 N–H and O–H groups in total. The van der Waals surface area contributed by atoms with Gasteiger partial charge in [-0.3, -0.25) is 0 Å². The molecule has 0 aliphatic rings. The van der Waals surface area contributed by atoms with Crippen LogP contribution < -0.4 is 29.6 Å². The van der Waals surface area contributed by atoms with Crippen LogP contribution in [-0.2, 0) is 0 Å². The van der Waals surface area contributed by atoms with Gasteiger partial charge >= 0.3 is 46.9 Å². The van der Waals surface area contributed by atoms with Gasteiger partial charge in [-0.05, 0) is 0 Å². The molecule has 4 heavy (non-hydrogen) atoms. The Balaban J connectivity index is 0. The molecule has 0 heterocycles. The Morgan fingerprint density at radius 3 is 1.00 bits per heavy atom. The Morgan fingerprint density at radius 2 is 1.00 bits per heavy atom. The molecule has 0 aromatic rings. The van der Waals surface area contributed by atoms with Gasteiger partial charge in [-0.1, -0.05) is 0 Å². The Bertz CT molecular complexity index is 8.00. The van der Waals surface area contributed by atoms with Crippen LogP contribution in [0.2, 0.25) is 0 Å². The third-order valence-corrected chi connectivity index (χ3v) is 0. The van der Waals surface area contributed by atoms with E-state index < -0.39 is 0 Å². The summed E-state index contributed by atoms with van der Waals surface area (Å²) in [7, 11) is 0. The molecule has 0 fully saturated rings. The summed E-state index contributed by atoms with van der Waals surface area (Å²) < 4.78 is 0. The maximum atomic E-state index is 0. The summed E-state index contributed by atoms with van der Waals surface area (Å²) in [6.45, 7) is 0. The van der Waals surface area contributed by atoms with Gasteiger partial charge in [0, 0.05) is 0 Å². The van der Waals surface area contributed by atoms with Crippen molar-refractivity contribution in [3.8, 4) is 0 Å².